The lowest BCUT2D eigenvalue weighted by Crippen LogP contribution is -2.47. The van der Waals surface area contributed by atoms with Crippen LogP contribution in [-0.4, -0.2) is 40.0 Å². The molecule has 2 aliphatic rings. The van der Waals surface area contributed by atoms with E-state index in [0.717, 1.165) is 41.1 Å². The van der Waals surface area contributed by atoms with Gasteiger partial charge in [0.15, 0.2) is 0 Å². The number of carbonyl (C=O) groups excluding carboxylic acids is 2. The molecule has 0 bridgehead atoms. The Bertz CT molecular complexity index is 1040. The average Bonchev–Trinajstić information content (AvgIpc) is 3.52. The second-order valence-corrected chi connectivity index (χ2v) is 9.13. The van der Waals surface area contributed by atoms with Crippen LogP contribution in [0.5, 0.6) is 0 Å². The molecule has 31 heavy (non-hydrogen) atoms. The van der Waals surface area contributed by atoms with E-state index < -0.39 is 6.04 Å². The first-order valence-electron chi connectivity index (χ1n) is 10.8. The summed E-state index contributed by atoms with van der Waals surface area (Å²) in [5, 5.41) is 3.02. The Morgan fingerprint density at radius 3 is 2.68 bits per heavy atom. The van der Waals surface area contributed by atoms with E-state index in [-0.39, 0.29) is 17.7 Å². The summed E-state index contributed by atoms with van der Waals surface area (Å²) in [6.45, 7) is 6.93. The fourth-order valence-electron chi connectivity index (χ4n) is 4.18. The van der Waals surface area contributed by atoms with Crippen molar-refractivity contribution in [3.63, 3.8) is 0 Å². The van der Waals surface area contributed by atoms with E-state index in [1.165, 1.54) is 4.88 Å². The number of hydrogen-bond acceptors (Lipinski definition) is 5. The fourth-order valence-corrected chi connectivity index (χ4v) is 4.99. The topological polar surface area (TPSA) is 74.7 Å². The van der Waals surface area contributed by atoms with Crippen LogP contribution in [-0.2, 0) is 16.1 Å². The van der Waals surface area contributed by atoms with E-state index in [9.17, 15) is 9.59 Å². The summed E-state index contributed by atoms with van der Waals surface area (Å²) in [4.78, 5) is 37.6. The molecule has 2 aromatic rings. The number of nitrogens with one attached hydrogen (secondary N) is 1. The number of likely N-dealkylation sites (tertiary alicyclic amines) is 1. The minimum absolute atomic E-state index is 0.00775. The van der Waals surface area contributed by atoms with Gasteiger partial charge in [-0.05, 0) is 44.7 Å². The first-order chi connectivity index (χ1) is 14.9. The molecule has 4 rings (SSSR count). The van der Waals surface area contributed by atoms with Crippen LogP contribution in [0.3, 0.4) is 0 Å². The standard InChI is InChI=1S/C24H28N4O2S/c1-15-6-11-20(27-15)16(2)24(30)28-12-4-5-21(28)23(29)25-13-18-7-9-19(10-8-18)22-17(3)26-14-31-22/h7-11,14,16,21H,4-6,12-13H2,1-3H3,(H,25,29). The van der Waals surface area contributed by atoms with Crippen LogP contribution in [0.25, 0.3) is 10.4 Å². The Morgan fingerprint density at radius 2 is 2.03 bits per heavy atom. The van der Waals surface area contributed by atoms with Crippen LogP contribution >= 0.6 is 11.3 Å². The Morgan fingerprint density at radius 1 is 1.26 bits per heavy atom. The summed E-state index contributed by atoms with van der Waals surface area (Å²) in [5.74, 6) is -0.402. The minimum Gasteiger partial charge on any atom is -0.350 e. The molecule has 7 heteroatoms. The fraction of sp³-hybridized carbons (Fsp3) is 0.417. The number of benzene rings is 1. The van der Waals surface area contributed by atoms with E-state index in [1.54, 1.807) is 16.2 Å². The molecule has 1 saturated heterocycles. The first kappa shape index (κ1) is 21.4. The molecule has 1 aromatic heterocycles. The Labute approximate surface area is 187 Å². The zero-order valence-electron chi connectivity index (χ0n) is 18.2. The third-order valence-corrected chi connectivity index (χ3v) is 6.99. The first-order valence-corrected chi connectivity index (χ1v) is 11.6. The van der Waals surface area contributed by atoms with E-state index in [2.05, 4.69) is 27.4 Å². The van der Waals surface area contributed by atoms with Gasteiger partial charge in [0.1, 0.15) is 6.04 Å². The van der Waals surface area contributed by atoms with Gasteiger partial charge in [-0.1, -0.05) is 30.3 Å². The van der Waals surface area contributed by atoms with Crippen LogP contribution in [0.4, 0.5) is 0 Å². The molecule has 162 valence electrons. The predicted octanol–water partition coefficient (Wildman–Crippen LogP) is 4.11. The highest BCUT2D eigenvalue weighted by molar-refractivity contribution is 7.13. The summed E-state index contributed by atoms with van der Waals surface area (Å²) in [7, 11) is 0. The van der Waals surface area contributed by atoms with Crippen LogP contribution in [0.1, 0.15) is 44.4 Å². The SMILES string of the molecule is CC1=NC(C(C)C(=O)N2CCCC2C(=O)NCc2ccc(-c3scnc3C)cc2)=CC1. The van der Waals surface area contributed by atoms with Crippen molar-refractivity contribution in [2.24, 2.45) is 10.9 Å². The molecule has 1 N–H and O–H groups in total. The zero-order valence-corrected chi connectivity index (χ0v) is 19.0. The van der Waals surface area contributed by atoms with Gasteiger partial charge in [0, 0.05) is 30.9 Å². The molecule has 2 aliphatic heterocycles. The van der Waals surface area contributed by atoms with E-state index in [1.807, 2.05) is 44.5 Å². The smallest absolute Gasteiger partial charge is 0.243 e. The Kier molecular flexibility index (Phi) is 6.32. The van der Waals surface area contributed by atoms with Crippen molar-refractivity contribution in [2.45, 2.75) is 52.6 Å². The molecule has 3 heterocycles. The van der Waals surface area contributed by atoms with Gasteiger partial charge in [-0.3, -0.25) is 14.6 Å². The van der Waals surface area contributed by atoms with E-state index in [0.29, 0.717) is 19.5 Å². The lowest BCUT2D eigenvalue weighted by molar-refractivity contribution is -0.140. The Hall–Kier alpha value is -2.80. The molecular weight excluding hydrogens is 408 g/mol. The molecule has 0 aliphatic carbocycles. The number of amides is 2. The number of allylic oxidation sites excluding steroid dienone is 1. The molecule has 1 fully saturated rings. The Balaban J connectivity index is 1.35. The number of hydrogen-bond donors (Lipinski definition) is 1. The third-order valence-electron chi connectivity index (χ3n) is 6.01. The summed E-state index contributed by atoms with van der Waals surface area (Å²) < 4.78 is 0. The van der Waals surface area contributed by atoms with Gasteiger partial charge in [-0.15, -0.1) is 11.3 Å². The largest absolute Gasteiger partial charge is 0.350 e. The molecule has 6 nitrogen and oxygen atoms in total. The van der Waals surface area contributed by atoms with Crippen molar-refractivity contribution in [1.29, 1.82) is 0 Å². The highest BCUT2D eigenvalue weighted by Crippen LogP contribution is 2.28. The molecule has 0 radical (unpaired) electrons. The highest BCUT2D eigenvalue weighted by atomic mass is 32.1. The molecule has 2 unspecified atom stereocenters. The van der Waals surface area contributed by atoms with Gasteiger partial charge in [-0.25, -0.2) is 4.98 Å². The maximum atomic E-state index is 13.0. The van der Waals surface area contributed by atoms with E-state index in [4.69, 9.17) is 0 Å². The maximum Gasteiger partial charge on any atom is 0.243 e. The molecule has 2 amide bonds. The highest BCUT2D eigenvalue weighted by Gasteiger charge is 2.37. The quantitative estimate of drug-likeness (QED) is 0.740. The maximum absolute atomic E-state index is 13.0. The number of aryl methyl sites for hydroxylation is 1. The minimum atomic E-state index is -0.402. The van der Waals surface area contributed by atoms with Gasteiger partial charge in [0.25, 0.3) is 0 Å². The summed E-state index contributed by atoms with van der Waals surface area (Å²) in [5.41, 5.74) is 6.90. The van der Waals surface area contributed by atoms with Crippen molar-refractivity contribution in [1.82, 2.24) is 15.2 Å². The van der Waals surface area contributed by atoms with Crippen LogP contribution in [0.15, 0.2) is 46.5 Å². The molecule has 0 saturated carbocycles. The monoisotopic (exact) mass is 436 g/mol. The van der Waals surface area contributed by atoms with Gasteiger partial charge in [-0.2, -0.15) is 0 Å². The van der Waals surface area contributed by atoms with Gasteiger partial charge >= 0.3 is 0 Å². The van der Waals surface area contributed by atoms with E-state index >= 15 is 0 Å². The number of nitrogens with zero attached hydrogens (tertiary/aromatic N) is 3. The van der Waals surface area contributed by atoms with Crippen LogP contribution in [0, 0.1) is 12.8 Å². The lowest BCUT2D eigenvalue weighted by Gasteiger charge is -2.26. The number of rotatable bonds is 6. The van der Waals surface area contributed by atoms with Crippen molar-refractivity contribution in [3.8, 4) is 10.4 Å². The van der Waals surface area contributed by atoms with Crippen LogP contribution < -0.4 is 5.32 Å². The second kappa shape index (κ2) is 9.14. The van der Waals surface area contributed by atoms with Gasteiger partial charge in [0.05, 0.1) is 22.0 Å². The number of aromatic nitrogens is 1. The van der Waals surface area contributed by atoms with Crippen molar-refractivity contribution in [2.75, 3.05) is 6.54 Å². The van der Waals surface area contributed by atoms with Crippen molar-refractivity contribution < 1.29 is 9.59 Å². The molecule has 0 spiro atoms. The summed E-state index contributed by atoms with van der Waals surface area (Å²) in [6, 6.07) is 7.78. The van der Waals surface area contributed by atoms with Gasteiger partial charge < -0.3 is 10.2 Å². The average molecular weight is 437 g/mol. The van der Waals surface area contributed by atoms with Gasteiger partial charge in [0.2, 0.25) is 11.8 Å². The lowest BCUT2D eigenvalue weighted by atomic mass is 10.1. The zero-order chi connectivity index (χ0) is 22.0. The number of aliphatic imine (C=N–C) groups is 1. The number of thiazole rings is 1. The van der Waals surface area contributed by atoms with Crippen LogP contribution in [0.2, 0.25) is 0 Å². The summed E-state index contributed by atoms with van der Waals surface area (Å²) >= 11 is 1.63. The predicted molar refractivity (Wildman–Crippen MR) is 124 cm³/mol. The second-order valence-electron chi connectivity index (χ2n) is 8.27. The third kappa shape index (κ3) is 4.61. The number of carbonyl (C=O) groups is 2. The normalized spacial score (nSPS) is 19.2. The van der Waals surface area contributed by atoms with Crippen molar-refractivity contribution >= 4 is 28.9 Å². The molecule has 2 atom stereocenters. The molecular formula is C24H28N4O2S. The van der Waals surface area contributed by atoms with Crippen molar-refractivity contribution in [3.05, 3.63) is 52.8 Å². The molecule has 1 aromatic carbocycles. The summed E-state index contributed by atoms with van der Waals surface area (Å²) in [6.07, 6.45) is 4.37.